The van der Waals surface area contributed by atoms with E-state index in [0.717, 1.165) is 0 Å². The molecular formula is C32H36P2. The van der Waals surface area contributed by atoms with Crippen LogP contribution in [-0.4, -0.2) is 11.3 Å². The molecule has 0 amide bonds. The largest absolute Gasteiger partial charge is 0.0622 e. The highest BCUT2D eigenvalue weighted by Gasteiger charge is 2.34. The molecule has 0 aliphatic heterocycles. The highest BCUT2D eigenvalue weighted by atomic mass is 31.1. The molecule has 4 aromatic carbocycles. The second-order valence-electron chi connectivity index (χ2n) is 9.28. The summed E-state index contributed by atoms with van der Waals surface area (Å²) in [5.41, 5.74) is 1.17. The Labute approximate surface area is 209 Å². The van der Waals surface area contributed by atoms with Crippen molar-refractivity contribution in [2.45, 2.75) is 39.0 Å². The van der Waals surface area contributed by atoms with Crippen LogP contribution in [-0.2, 0) is 0 Å². The fourth-order valence-electron chi connectivity index (χ4n) is 4.94. The van der Waals surface area contributed by atoms with E-state index in [0.29, 0.717) is 23.2 Å². The predicted octanol–water partition coefficient (Wildman–Crippen LogP) is 7.30. The van der Waals surface area contributed by atoms with Crippen LogP contribution in [0.1, 0.15) is 27.7 Å². The zero-order valence-electron chi connectivity index (χ0n) is 20.8. The first-order valence-corrected chi connectivity index (χ1v) is 15.2. The lowest BCUT2D eigenvalue weighted by molar-refractivity contribution is 0.380. The van der Waals surface area contributed by atoms with Crippen molar-refractivity contribution in [3.63, 3.8) is 0 Å². The minimum Gasteiger partial charge on any atom is -0.0622 e. The minimum atomic E-state index is -0.429. The van der Waals surface area contributed by atoms with Crippen molar-refractivity contribution < 1.29 is 0 Å². The number of hydrogen-bond acceptors (Lipinski definition) is 0. The molecule has 0 aromatic heterocycles. The van der Waals surface area contributed by atoms with E-state index in [1.807, 2.05) is 0 Å². The van der Waals surface area contributed by atoms with E-state index in [4.69, 9.17) is 0 Å². The van der Waals surface area contributed by atoms with Gasteiger partial charge in [0.1, 0.15) is 0 Å². The predicted molar refractivity (Wildman–Crippen MR) is 155 cm³/mol. The van der Waals surface area contributed by atoms with Crippen LogP contribution in [0.3, 0.4) is 0 Å². The number of hydrogen-bond donors (Lipinski definition) is 0. The summed E-state index contributed by atoms with van der Waals surface area (Å²) in [6, 6.07) is 44.7. The maximum Gasteiger partial charge on any atom is -0.0129 e. The lowest BCUT2D eigenvalue weighted by Crippen LogP contribution is -2.34. The SMILES string of the molecule is CC(C(C)C(C)P(c1ccccc1)c1ccccc1)C(C)P(c1ccccc1)c1ccccc1. The molecule has 4 unspecified atom stereocenters. The van der Waals surface area contributed by atoms with Gasteiger partial charge in [0.2, 0.25) is 0 Å². The fraction of sp³-hybridized carbons (Fsp3) is 0.250. The Bertz CT molecular complexity index is 941. The average molecular weight is 483 g/mol. The Morgan fingerprint density at radius 1 is 0.353 bits per heavy atom. The van der Waals surface area contributed by atoms with Gasteiger partial charge in [-0.05, 0) is 60.2 Å². The van der Waals surface area contributed by atoms with Crippen LogP contribution in [0.25, 0.3) is 0 Å². The number of rotatable bonds is 9. The summed E-state index contributed by atoms with van der Waals surface area (Å²) in [5, 5.41) is 5.93. The topological polar surface area (TPSA) is 0 Å². The first kappa shape index (κ1) is 24.9. The van der Waals surface area contributed by atoms with Crippen LogP contribution in [0.15, 0.2) is 121 Å². The van der Waals surface area contributed by atoms with E-state index in [-0.39, 0.29) is 0 Å². The molecule has 0 saturated carbocycles. The van der Waals surface area contributed by atoms with Gasteiger partial charge in [0.05, 0.1) is 0 Å². The molecule has 2 heteroatoms. The molecule has 4 rings (SSSR count). The van der Waals surface area contributed by atoms with Crippen molar-refractivity contribution in [3.8, 4) is 0 Å². The summed E-state index contributed by atoms with van der Waals surface area (Å²) in [6.45, 7) is 9.98. The zero-order chi connectivity index (χ0) is 23.9. The fourth-order valence-corrected chi connectivity index (χ4v) is 10.9. The Morgan fingerprint density at radius 3 is 0.765 bits per heavy atom. The maximum absolute atomic E-state index is 2.50. The van der Waals surface area contributed by atoms with Gasteiger partial charge in [0, 0.05) is 0 Å². The Morgan fingerprint density at radius 2 is 0.559 bits per heavy atom. The normalized spacial score (nSPS) is 15.1. The van der Waals surface area contributed by atoms with Crippen LogP contribution in [0.4, 0.5) is 0 Å². The van der Waals surface area contributed by atoms with Gasteiger partial charge in [0.15, 0.2) is 0 Å². The molecule has 0 spiro atoms. The van der Waals surface area contributed by atoms with Crippen molar-refractivity contribution in [3.05, 3.63) is 121 Å². The van der Waals surface area contributed by atoms with Gasteiger partial charge in [-0.2, -0.15) is 0 Å². The average Bonchev–Trinajstić information content (AvgIpc) is 2.90. The van der Waals surface area contributed by atoms with Crippen LogP contribution >= 0.6 is 15.8 Å². The molecule has 174 valence electrons. The molecule has 4 atom stereocenters. The Balaban J connectivity index is 1.65. The Kier molecular flexibility index (Phi) is 8.72. The molecule has 34 heavy (non-hydrogen) atoms. The summed E-state index contributed by atoms with van der Waals surface area (Å²) in [6.07, 6.45) is 0. The highest BCUT2D eigenvalue weighted by molar-refractivity contribution is 7.74. The second kappa shape index (κ2) is 11.9. The van der Waals surface area contributed by atoms with Gasteiger partial charge in [-0.3, -0.25) is 0 Å². The van der Waals surface area contributed by atoms with Gasteiger partial charge < -0.3 is 0 Å². The molecule has 0 bridgehead atoms. The van der Waals surface area contributed by atoms with E-state index in [1.54, 1.807) is 0 Å². The maximum atomic E-state index is 2.50. The molecule has 0 N–H and O–H groups in total. The van der Waals surface area contributed by atoms with Crippen LogP contribution in [0.2, 0.25) is 0 Å². The number of benzene rings is 4. The van der Waals surface area contributed by atoms with Crippen molar-refractivity contribution in [2.24, 2.45) is 11.8 Å². The third-order valence-electron chi connectivity index (χ3n) is 7.30. The Hall–Kier alpha value is -2.26. The van der Waals surface area contributed by atoms with Crippen molar-refractivity contribution in [2.75, 3.05) is 0 Å². The zero-order valence-corrected chi connectivity index (χ0v) is 22.5. The monoisotopic (exact) mass is 482 g/mol. The molecule has 0 saturated heterocycles. The minimum absolute atomic E-state index is 0.429. The molecule has 0 aliphatic carbocycles. The summed E-state index contributed by atoms with van der Waals surface area (Å²) >= 11 is 0. The summed E-state index contributed by atoms with van der Waals surface area (Å²) in [4.78, 5) is 0. The van der Waals surface area contributed by atoms with Gasteiger partial charge in [-0.25, -0.2) is 0 Å². The molecule has 0 fully saturated rings. The lowest BCUT2D eigenvalue weighted by Gasteiger charge is -2.39. The first-order valence-electron chi connectivity index (χ1n) is 12.4. The van der Waals surface area contributed by atoms with Crippen LogP contribution in [0.5, 0.6) is 0 Å². The van der Waals surface area contributed by atoms with Crippen molar-refractivity contribution >= 4 is 37.1 Å². The van der Waals surface area contributed by atoms with E-state index in [2.05, 4.69) is 149 Å². The molecule has 0 nitrogen and oxygen atoms in total. The van der Waals surface area contributed by atoms with Gasteiger partial charge in [-0.15, -0.1) is 0 Å². The molecular weight excluding hydrogens is 446 g/mol. The third kappa shape index (κ3) is 5.68. The molecule has 0 radical (unpaired) electrons. The molecule has 4 aromatic rings. The van der Waals surface area contributed by atoms with E-state index >= 15 is 0 Å². The van der Waals surface area contributed by atoms with Gasteiger partial charge in [0.25, 0.3) is 0 Å². The van der Waals surface area contributed by atoms with Crippen LogP contribution < -0.4 is 21.2 Å². The molecule has 0 aliphatic rings. The highest BCUT2D eigenvalue weighted by Crippen LogP contribution is 2.50. The van der Waals surface area contributed by atoms with E-state index in [1.165, 1.54) is 21.2 Å². The standard InChI is InChI=1S/C32H36P2/c1-25(27(3)33(29-17-9-5-10-18-29)30-19-11-6-12-20-30)26(2)28(4)34(31-21-13-7-14-22-31)32-23-15-8-16-24-32/h5-28H,1-4H3. The second-order valence-corrected chi connectivity index (χ2v) is 14.5. The molecule has 0 heterocycles. The van der Waals surface area contributed by atoms with Gasteiger partial charge >= 0.3 is 0 Å². The lowest BCUT2D eigenvalue weighted by atomic mass is 9.91. The third-order valence-corrected chi connectivity index (χ3v) is 13.3. The van der Waals surface area contributed by atoms with E-state index < -0.39 is 15.8 Å². The van der Waals surface area contributed by atoms with Gasteiger partial charge in [-0.1, -0.05) is 149 Å². The van der Waals surface area contributed by atoms with Crippen LogP contribution in [0, 0.1) is 11.8 Å². The van der Waals surface area contributed by atoms with E-state index in [9.17, 15) is 0 Å². The van der Waals surface area contributed by atoms with Crippen molar-refractivity contribution in [1.29, 1.82) is 0 Å². The summed E-state index contributed by atoms with van der Waals surface area (Å²) in [5.74, 6) is 1.19. The summed E-state index contributed by atoms with van der Waals surface area (Å²) < 4.78 is 0. The first-order chi connectivity index (χ1) is 16.6. The quantitative estimate of drug-likeness (QED) is 0.220. The smallest absolute Gasteiger partial charge is 0.0129 e. The van der Waals surface area contributed by atoms with Crippen molar-refractivity contribution in [1.82, 2.24) is 0 Å². The summed E-state index contributed by atoms with van der Waals surface area (Å²) in [7, 11) is -0.859.